The Balaban J connectivity index is 1.84. The van der Waals surface area contributed by atoms with Crippen molar-refractivity contribution in [3.8, 4) is 22.8 Å². The van der Waals surface area contributed by atoms with Gasteiger partial charge in [0.05, 0.1) is 5.75 Å². The highest BCUT2D eigenvalue weighted by Crippen LogP contribution is 2.24. The molecule has 2 aromatic heterocycles. The third-order valence-electron chi connectivity index (χ3n) is 2.84. The van der Waals surface area contributed by atoms with Gasteiger partial charge in [-0.05, 0) is 29.1 Å². The van der Waals surface area contributed by atoms with Crippen LogP contribution < -0.4 is 0 Å². The van der Waals surface area contributed by atoms with Crippen molar-refractivity contribution in [1.82, 2.24) is 10.1 Å². The first-order valence-electron chi connectivity index (χ1n) is 6.14. The van der Waals surface area contributed by atoms with E-state index in [9.17, 15) is 8.42 Å². The highest BCUT2D eigenvalue weighted by atomic mass is 32.2. The van der Waals surface area contributed by atoms with E-state index in [0.717, 1.165) is 16.7 Å². The Hall–Kier alpha value is -1.99. The first-order chi connectivity index (χ1) is 10.0. The number of thiophene rings is 1. The smallest absolute Gasteiger partial charge is 0.258 e. The summed E-state index contributed by atoms with van der Waals surface area (Å²) < 4.78 is 27.7. The predicted octanol–water partition coefficient (Wildman–Crippen LogP) is 3.01. The normalized spacial score (nSPS) is 11.7. The summed E-state index contributed by atoms with van der Waals surface area (Å²) >= 11 is 1.57. The van der Waals surface area contributed by atoms with Crippen LogP contribution in [0.15, 0.2) is 45.6 Å². The zero-order valence-corrected chi connectivity index (χ0v) is 12.8. The van der Waals surface area contributed by atoms with Crippen molar-refractivity contribution in [3.05, 3.63) is 46.7 Å². The van der Waals surface area contributed by atoms with Gasteiger partial charge in [-0.2, -0.15) is 16.3 Å². The standard InChI is InChI=1S/C14H12N2O3S2/c1-21(17,18)9-10-2-4-11(5-3-10)14-15-13(16-19-14)12-6-7-20-8-12/h2-8H,9H2,1H3. The number of rotatable bonds is 4. The SMILES string of the molecule is CS(=O)(=O)Cc1ccc(-c2nc(-c3ccsc3)no2)cc1. The maximum atomic E-state index is 11.3. The van der Waals surface area contributed by atoms with Gasteiger partial charge in [0.2, 0.25) is 5.82 Å². The fourth-order valence-corrected chi connectivity index (χ4v) is 3.33. The predicted molar refractivity (Wildman–Crippen MR) is 81.6 cm³/mol. The Kier molecular flexibility index (Phi) is 3.60. The van der Waals surface area contributed by atoms with E-state index < -0.39 is 9.84 Å². The largest absolute Gasteiger partial charge is 0.334 e. The lowest BCUT2D eigenvalue weighted by atomic mass is 10.1. The molecule has 3 aromatic rings. The molecule has 0 atom stereocenters. The molecule has 3 rings (SSSR count). The first kappa shape index (κ1) is 14.0. The molecule has 0 aliphatic heterocycles. The van der Waals surface area contributed by atoms with Gasteiger partial charge in [-0.3, -0.25) is 0 Å². The molecule has 0 aliphatic rings. The molecule has 5 nitrogen and oxygen atoms in total. The van der Waals surface area contributed by atoms with Crippen LogP contribution in [-0.2, 0) is 15.6 Å². The first-order valence-corrected chi connectivity index (χ1v) is 9.15. The van der Waals surface area contributed by atoms with Crippen LogP contribution in [0.25, 0.3) is 22.8 Å². The second kappa shape index (κ2) is 5.42. The summed E-state index contributed by atoms with van der Waals surface area (Å²) in [5.41, 5.74) is 2.42. The van der Waals surface area contributed by atoms with Gasteiger partial charge in [-0.1, -0.05) is 17.3 Å². The van der Waals surface area contributed by atoms with E-state index in [1.54, 1.807) is 35.6 Å². The second-order valence-electron chi connectivity index (χ2n) is 4.70. The minimum absolute atomic E-state index is 0.0251. The Morgan fingerprint density at radius 2 is 1.90 bits per heavy atom. The van der Waals surface area contributed by atoms with Crippen molar-refractivity contribution in [2.45, 2.75) is 5.75 Å². The number of sulfone groups is 1. The topological polar surface area (TPSA) is 73.1 Å². The highest BCUT2D eigenvalue weighted by Gasteiger charge is 2.11. The van der Waals surface area contributed by atoms with E-state index >= 15 is 0 Å². The molecule has 0 saturated heterocycles. The molecule has 0 saturated carbocycles. The van der Waals surface area contributed by atoms with Gasteiger partial charge in [-0.25, -0.2) is 8.42 Å². The average Bonchev–Trinajstić information content (AvgIpc) is 3.09. The van der Waals surface area contributed by atoms with Crippen molar-refractivity contribution in [1.29, 1.82) is 0 Å². The summed E-state index contributed by atoms with van der Waals surface area (Å²) in [5, 5.41) is 7.84. The molecule has 0 fully saturated rings. The van der Waals surface area contributed by atoms with Crippen LogP contribution in [0.5, 0.6) is 0 Å². The van der Waals surface area contributed by atoms with Crippen molar-refractivity contribution in [2.75, 3.05) is 6.26 Å². The molecule has 108 valence electrons. The molecule has 2 heterocycles. The van der Waals surface area contributed by atoms with Crippen LogP contribution >= 0.6 is 11.3 Å². The Bertz CT molecular complexity index is 835. The van der Waals surface area contributed by atoms with Gasteiger partial charge >= 0.3 is 0 Å². The van der Waals surface area contributed by atoms with E-state index in [2.05, 4.69) is 10.1 Å². The molecular formula is C14H12N2O3S2. The van der Waals surface area contributed by atoms with Crippen molar-refractivity contribution >= 4 is 21.2 Å². The minimum atomic E-state index is -3.03. The molecule has 0 unspecified atom stereocenters. The number of benzene rings is 1. The molecule has 0 aliphatic carbocycles. The van der Waals surface area contributed by atoms with Crippen LogP contribution in [0.4, 0.5) is 0 Å². The van der Waals surface area contributed by atoms with Crippen LogP contribution in [0, 0.1) is 0 Å². The van der Waals surface area contributed by atoms with Gasteiger partial charge in [0.1, 0.15) is 0 Å². The lowest BCUT2D eigenvalue weighted by Gasteiger charge is -2.00. The van der Waals surface area contributed by atoms with Crippen molar-refractivity contribution < 1.29 is 12.9 Å². The Morgan fingerprint density at radius 1 is 1.14 bits per heavy atom. The zero-order valence-electron chi connectivity index (χ0n) is 11.2. The maximum absolute atomic E-state index is 11.3. The van der Waals surface area contributed by atoms with Crippen molar-refractivity contribution in [3.63, 3.8) is 0 Å². The maximum Gasteiger partial charge on any atom is 0.258 e. The molecule has 0 bridgehead atoms. The summed E-state index contributed by atoms with van der Waals surface area (Å²) in [5.74, 6) is 0.991. The van der Waals surface area contributed by atoms with Gasteiger partial charge in [0.15, 0.2) is 9.84 Å². The molecule has 0 N–H and O–H groups in total. The number of aromatic nitrogens is 2. The summed E-state index contributed by atoms with van der Waals surface area (Å²) in [7, 11) is -3.03. The van der Waals surface area contributed by atoms with E-state index in [-0.39, 0.29) is 5.75 Å². The number of nitrogens with zero attached hydrogens (tertiary/aromatic N) is 2. The fourth-order valence-electron chi connectivity index (χ4n) is 1.90. The van der Waals surface area contributed by atoms with Crippen LogP contribution in [0.1, 0.15) is 5.56 Å². The summed E-state index contributed by atoms with van der Waals surface area (Å²) in [6, 6.07) is 9.00. The highest BCUT2D eigenvalue weighted by molar-refractivity contribution is 7.89. The average molecular weight is 320 g/mol. The van der Waals surface area contributed by atoms with Crippen molar-refractivity contribution in [2.24, 2.45) is 0 Å². The van der Waals surface area contributed by atoms with Gasteiger partial charge in [-0.15, -0.1) is 0 Å². The third kappa shape index (κ3) is 3.37. The van der Waals surface area contributed by atoms with E-state index in [0.29, 0.717) is 11.7 Å². The fraction of sp³-hybridized carbons (Fsp3) is 0.143. The lowest BCUT2D eigenvalue weighted by molar-refractivity contribution is 0.432. The van der Waals surface area contributed by atoms with E-state index in [1.807, 2.05) is 16.8 Å². The monoisotopic (exact) mass is 320 g/mol. The quantitative estimate of drug-likeness (QED) is 0.739. The van der Waals surface area contributed by atoms with E-state index in [4.69, 9.17) is 4.52 Å². The summed E-state index contributed by atoms with van der Waals surface area (Å²) in [6.45, 7) is 0. The minimum Gasteiger partial charge on any atom is -0.334 e. The van der Waals surface area contributed by atoms with E-state index in [1.165, 1.54) is 6.26 Å². The molecule has 0 spiro atoms. The van der Waals surface area contributed by atoms with Crippen LogP contribution in [0.3, 0.4) is 0 Å². The number of hydrogen-bond donors (Lipinski definition) is 0. The van der Waals surface area contributed by atoms with Crippen LogP contribution in [0.2, 0.25) is 0 Å². The molecule has 1 aromatic carbocycles. The molecule has 21 heavy (non-hydrogen) atoms. The molecule has 0 amide bonds. The summed E-state index contributed by atoms with van der Waals surface area (Å²) in [6.07, 6.45) is 1.21. The Morgan fingerprint density at radius 3 is 2.52 bits per heavy atom. The molecular weight excluding hydrogens is 308 g/mol. The second-order valence-corrected chi connectivity index (χ2v) is 7.62. The molecule has 7 heteroatoms. The zero-order chi connectivity index (χ0) is 14.9. The number of hydrogen-bond acceptors (Lipinski definition) is 6. The molecule has 0 radical (unpaired) electrons. The van der Waals surface area contributed by atoms with Gasteiger partial charge in [0, 0.05) is 22.8 Å². The Labute approximate surface area is 126 Å². The van der Waals surface area contributed by atoms with Gasteiger partial charge in [0.25, 0.3) is 5.89 Å². The summed E-state index contributed by atoms with van der Waals surface area (Å²) in [4.78, 5) is 4.34. The third-order valence-corrected chi connectivity index (χ3v) is 4.38. The lowest BCUT2D eigenvalue weighted by Crippen LogP contribution is -2.00. The van der Waals surface area contributed by atoms with Gasteiger partial charge < -0.3 is 4.52 Å². The van der Waals surface area contributed by atoms with Crippen LogP contribution in [-0.4, -0.2) is 24.8 Å².